The number of benzene rings is 1. The van der Waals surface area contributed by atoms with Gasteiger partial charge in [-0.3, -0.25) is 0 Å². The van der Waals surface area contributed by atoms with E-state index in [1.807, 2.05) is 6.92 Å². The molecule has 1 nitrogen and oxygen atoms in total. The normalized spacial score (nSPS) is 13.7. The quantitative estimate of drug-likeness (QED) is 0.615. The molecule has 0 aromatic heterocycles. The lowest BCUT2D eigenvalue weighted by atomic mass is 10.0. The number of alkyl halides is 3. The van der Waals surface area contributed by atoms with Gasteiger partial charge < -0.3 is 5.11 Å². The maximum atomic E-state index is 13.1. The molecule has 0 saturated heterocycles. The Hall–Kier alpha value is -1.10. The van der Waals surface area contributed by atoms with E-state index < -0.39 is 23.7 Å². The third kappa shape index (κ3) is 4.29. The number of hydrogen-bond acceptors (Lipinski definition) is 1. The van der Waals surface area contributed by atoms with E-state index in [9.17, 15) is 22.7 Å². The standard InChI is InChI=1S/C13H16F4O/c1-2-3-4-5-12(18)9-6-10(13(15,16)17)8-11(14)7-9/h6-8,12,18H,2-5H2,1H3. The zero-order valence-corrected chi connectivity index (χ0v) is 10.1. The van der Waals surface area contributed by atoms with Crippen LogP contribution in [0.25, 0.3) is 0 Å². The molecule has 0 heterocycles. The summed E-state index contributed by atoms with van der Waals surface area (Å²) in [4.78, 5) is 0. The molecule has 0 spiro atoms. The highest BCUT2D eigenvalue weighted by molar-refractivity contribution is 5.28. The first-order valence-corrected chi connectivity index (χ1v) is 5.90. The number of unbranched alkanes of at least 4 members (excludes halogenated alkanes) is 2. The Balaban J connectivity index is 2.85. The van der Waals surface area contributed by atoms with Crippen molar-refractivity contribution in [1.29, 1.82) is 0 Å². The van der Waals surface area contributed by atoms with Crippen molar-refractivity contribution in [2.45, 2.75) is 44.9 Å². The lowest BCUT2D eigenvalue weighted by molar-refractivity contribution is -0.137. The molecule has 1 N–H and O–H groups in total. The van der Waals surface area contributed by atoms with Crippen LogP contribution in [0.4, 0.5) is 17.6 Å². The topological polar surface area (TPSA) is 20.2 Å². The summed E-state index contributed by atoms with van der Waals surface area (Å²) < 4.78 is 50.5. The number of aliphatic hydroxyl groups excluding tert-OH is 1. The Morgan fingerprint density at radius 3 is 2.39 bits per heavy atom. The lowest BCUT2D eigenvalue weighted by Crippen LogP contribution is -2.08. The van der Waals surface area contributed by atoms with Crippen LogP contribution in [0, 0.1) is 5.82 Å². The van der Waals surface area contributed by atoms with Gasteiger partial charge in [-0.25, -0.2) is 4.39 Å². The van der Waals surface area contributed by atoms with Gasteiger partial charge >= 0.3 is 6.18 Å². The van der Waals surface area contributed by atoms with Crippen molar-refractivity contribution in [2.75, 3.05) is 0 Å². The average molecular weight is 264 g/mol. The largest absolute Gasteiger partial charge is 0.416 e. The summed E-state index contributed by atoms with van der Waals surface area (Å²) in [5, 5.41) is 9.73. The SMILES string of the molecule is CCCCCC(O)c1cc(F)cc(C(F)(F)F)c1. The zero-order valence-electron chi connectivity index (χ0n) is 10.1. The van der Waals surface area contributed by atoms with Gasteiger partial charge in [0.1, 0.15) is 5.82 Å². The minimum atomic E-state index is -4.60. The zero-order chi connectivity index (χ0) is 13.8. The van der Waals surface area contributed by atoms with Crippen LogP contribution in [0.1, 0.15) is 49.8 Å². The first-order valence-electron chi connectivity index (χ1n) is 5.90. The van der Waals surface area contributed by atoms with E-state index in [1.165, 1.54) is 0 Å². The van der Waals surface area contributed by atoms with Gasteiger partial charge in [0.05, 0.1) is 11.7 Å². The third-order valence-corrected chi connectivity index (χ3v) is 2.71. The summed E-state index contributed by atoms with van der Waals surface area (Å²) in [7, 11) is 0. The van der Waals surface area contributed by atoms with Gasteiger partial charge in [0.2, 0.25) is 0 Å². The Morgan fingerprint density at radius 2 is 1.83 bits per heavy atom. The summed E-state index contributed by atoms with van der Waals surface area (Å²) in [6.45, 7) is 1.98. The van der Waals surface area contributed by atoms with E-state index in [2.05, 4.69) is 0 Å². The average Bonchev–Trinajstić information content (AvgIpc) is 2.27. The minimum absolute atomic E-state index is 0.0153. The van der Waals surface area contributed by atoms with E-state index in [0.717, 1.165) is 25.0 Å². The van der Waals surface area contributed by atoms with Crippen LogP contribution in [0.5, 0.6) is 0 Å². The van der Waals surface area contributed by atoms with Crippen LogP contribution < -0.4 is 0 Å². The molecule has 102 valence electrons. The summed E-state index contributed by atoms with van der Waals surface area (Å²) >= 11 is 0. The van der Waals surface area contributed by atoms with Crippen molar-refractivity contribution in [1.82, 2.24) is 0 Å². The summed E-state index contributed by atoms with van der Waals surface area (Å²) in [5.74, 6) is -0.977. The van der Waals surface area contributed by atoms with Crippen molar-refractivity contribution in [3.05, 3.63) is 35.1 Å². The van der Waals surface area contributed by atoms with Crippen LogP contribution in [-0.2, 0) is 6.18 Å². The molecule has 0 saturated carbocycles. The number of rotatable bonds is 5. The molecular formula is C13H16F4O. The molecule has 0 fully saturated rings. The van der Waals surface area contributed by atoms with Crippen LogP contribution in [0.2, 0.25) is 0 Å². The van der Waals surface area contributed by atoms with Crippen molar-refractivity contribution >= 4 is 0 Å². The molecular weight excluding hydrogens is 248 g/mol. The molecule has 0 radical (unpaired) electrons. The first-order chi connectivity index (χ1) is 8.34. The Morgan fingerprint density at radius 1 is 1.17 bits per heavy atom. The number of hydrogen-bond donors (Lipinski definition) is 1. The van der Waals surface area contributed by atoms with E-state index in [-0.39, 0.29) is 5.56 Å². The highest BCUT2D eigenvalue weighted by atomic mass is 19.4. The van der Waals surface area contributed by atoms with Gasteiger partial charge in [-0.05, 0) is 30.2 Å². The highest BCUT2D eigenvalue weighted by Crippen LogP contribution is 2.32. The number of halogens is 4. The van der Waals surface area contributed by atoms with E-state index >= 15 is 0 Å². The minimum Gasteiger partial charge on any atom is -0.388 e. The van der Waals surface area contributed by atoms with Gasteiger partial charge in [0.15, 0.2) is 0 Å². The Kier molecular flexibility index (Phi) is 5.14. The van der Waals surface area contributed by atoms with Crippen LogP contribution in [0.3, 0.4) is 0 Å². The van der Waals surface area contributed by atoms with E-state index in [0.29, 0.717) is 18.9 Å². The fourth-order valence-electron chi connectivity index (χ4n) is 1.72. The molecule has 1 rings (SSSR count). The molecule has 1 unspecified atom stereocenters. The predicted molar refractivity (Wildman–Crippen MR) is 60.5 cm³/mol. The Labute approximate surface area is 103 Å². The van der Waals surface area contributed by atoms with Gasteiger partial charge in [-0.15, -0.1) is 0 Å². The fraction of sp³-hybridized carbons (Fsp3) is 0.538. The molecule has 18 heavy (non-hydrogen) atoms. The molecule has 5 heteroatoms. The van der Waals surface area contributed by atoms with Crippen molar-refractivity contribution < 1.29 is 22.7 Å². The van der Waals surface area contributed by atoms with Gasteiger partial charge in [-0.2, -0.15) is 13.2 Å². The molecule has 0 bridgehead atoms. The van der Waals surface area contributed by atoms with Crippen molar-refractivity contribution in [3.8, 4) is 0 Å². The van der Waals surface area contributed by atoms with Crippen LogP contribution in [0.15, 0.2) is 18.2 Å². The molecule has 1 atom stereocenters. The Bertz CT molecular complexity index is 387. The molecule has 0 aliphatic rings. The number of aliphatic hydroxyl groups is 1. The summed E-state index contributed by atoms with van der Waals surface area (Å²) in [6, 6.07) is 2.19. The first kappa shape index (κ1) is 15.0. The fourth-order valence-corrected chi connectivity index (χ4v) is 1.72. The molecule has 0 aliphatic carbocycles. The van der Waals surface area contributed by atoms with Crippen LogP contribution in [-0.4, -0.2) is 5.11 Å². The third-order valence-electron chi connectivity index (χ3n) is 2.71. The maximum Gasteiger partial charge on any atom is 0.416 e. The van der Waals surface area contributed by atoms with Gasteiger partial charge in [0, 0.05) is 0 Å². The van der Waals surface area contributed by atoms with Crippen molar-refractivity contribution in [2.24, 2.45) is 0 Å². The maximum absolute atomic E-state index is 13.1. The second-order valence-electron chi connectivity index (χ2n) is 4.28. The summed E-state index contributed by atoms with van der Waals surface area (Å²) in [6.07, 6.45) is -2.76. The van der Waals surface area contributed by atoms with Crippen LogP contribution >= 0.6 is 0 Å². The summed E-state index contributed by atoms with van der Waals surface area (Å²) in [5.41, 5.74) is -1.08. The van der Waals surface area contributed by atoms with E-state index in [1.54, 1.807) is 0 Å². The highest BCUT2D eigenvalue weighted by Gasteiger charge is 2.31. The van der Waals surface area contributed by atoms with Gasteiger partial charge in [0.25, 0.3) is 0 Å². The van der Waals surface area contributed by atoms with E-state index in [4.69, 9.17) is 0 Å². The van der Waals surface area contributed by atoms with Gasteiger partial charge in [-0.1, -0.05) is 26.2 Å². The van der Waals surface area contributed by atoms with Crippen molar-refractivity contribution in [3.63, 3.8) is 0 Å². The second kappa shape index (κ2) is 6.18. The molecule has 1 aromatic rings. The lowest BCUT2D eigenvalue weighted by Gasteiger charge is -2.14. The molecule has 0 aliphatic heterocycles. The molecule has 1 aromatic carbocycles. The smallest absolute Gasteiger partial charge is 0.388 e. The molecule has 0 amide bonds. The second-order valence-corrected chi connectivity index (χ2v) is 4.28. The monoisotopic (exact) mass is 264 g/mol. The predicted octanol–water partition coefficient (Wildman–Crippen LogP) is 4.46.